The molecule has 2 heterocycles. The molecule has 0 saturated heterocycles. The minimum Gasteiger partial charge on any atom is -0.489 e. The molecule has 0 bridgehead atoms. The zero-order valence-corrected chi connectivity index (χ0v) is 18.8. The number of imidazole rings is 1. The van der Waals surface area contributed by atoms with Gasteiger partial charge in [-0.3, -0.25) is 0 Å². The van der Waals surface area contributed by atoms with Crippen LogP contribution in [0.5, 0.6) is 5.75 Å². The first kappa shape index (κ1) is 21.9. The summed E-state index contributed by atoms with van der Waals surface area (Å²) in [5, 5.41) is 12.9. The summed E-state index contributed by atoms with van der Waals surface area (Å²) in [5.41, 5.74) is 3.92. The van der Waals surface area contributed by atoms with Crippen LogP contribution in [0.25, 0.3) is 0 Å². The summed E-state index contributed by atoms with van der Waals surface area (Å²) in [6.45, 7) is 1.03. The number of fused-ring (bicyclic) bond motifs is 1. The lowest BCUT2D eigenvalue weighted by molar-refractivity contribution is 0.180. The van der Waals surface area contributed by atoms with Crippen molar-refractivity contribution < 1.29 is 13.2 Å². The van der Waals surface area contributed by atoms with E-state index in [-0.39, 0.29) is 19.2 Å². The smallest absolute Gasteiger partial charge is 0.211 e. The molecule has 4 rings (SSSR count). The molecule has 166 valence electrons. The van der Waals surface area contributed by atoms with E-state index in [9.17, 15) is 13.7 Å². The Bertz CT molecular complexity index is 1250. The molecular weight excluding hydrogens is 426 g/mol. The second-order valence-corrected chi connectivity index (χ2v) is 9.87. The zero-order chi connectivity index (χ0) is 22.7. The van der Waals surface area contributed by atoms with Crippen LogP contribution < -0.4 is 10.1 Å². The summed E-state index contributed by atoms with van der Waals surface area (Å²) in [5.74, 6) is 0.663. The summed E-state index contributed by atoms with van der Waals surface area (Å²) in [7, 11) is -1.56. The Balaban J connectivity index is 1.60. The number of aromatic nitrogens is 2. The highest BCUT2D eigenvalue weighted by molar-refractivity contribution is 7.88. The number of sulfonamides is 1. The van der Waals surface area contributed by atoms with E-state index in [0.717, 1.165) is 16.8 Å². The van der Waals surface area contributed by atoms with Crippen LogP contribution in [-0.2, 0) is 36.6 Å². The SMILES string of the molecule is Cn1cncc1CNc1cc(C#N)cc2c1OCC(N(Cc1ccccc1)S(C)(=O)=O)C2. The van der Waals surface area contributed by atoms with Crippen molar-refractivity contribution in [1.82, 2.24) is 13.9 Å². The lowest BCUT2D eigenvalue weighted by Crippen LogP contribution is -2.45. The number of ether oxygens (including phenoxy) is 1. The number of hydrogen-bond acceptors (Lipinski definition) is 6. The third kappa shape index (κ3) is 4.77. The molecular formula is C23H25N5O3S. The molecule has 0 fully saturated rings. The molecule has 0 spiro atoms. The largest absolute Gasteiger partial charge is 0.489 e. The van der Waals surface area contributed by atoms with Crippen molar-refractivity contribution in [3.63, 3.8) is 0 Å². The van der Waals surface area contributed by atoms with E-state index in [1.54, 1.807) is 24.7 Å². The molecule has 0 saturated carbocycles. The average molecular weight is 452 g/mol. The Hall–Kier alpha value is -3.35. The molecule has 0 amide bonds. The van der Waals surface area contributed by atoms with Crippen LogP contribution >= 0.6 is 0 Å². The van der Waals surface area contributed by atoms with Gasteiger partial charge in [-0.05, 0) is 29.7 Å². The molecule has 9 heteroatoms. The van der Waals surface area contributed by atoms with Gasteiger partial charge in [0, 0.05) is 19.8 Å². The molecule has 32 heavy (non-hydrogen) atoms. The molecule has 8 nitrogen and oxygen atoms in total. The maximum absolute atomic E-state index is 12.6. The first-order valence-electron chi connectivity index (χ1n) is 10.2. The summed E-state index contributed by atoms with van der Waals surface area (Å²) < 4.78 is 34.7. The van der Waals surface area contributed by atoms with Gasteiger partial charge in [-0.15, -0.1) is 0 Å². The van der Waals surface area contributed by atoms with Crippen LogP contribution in [-0.4, -0.2) is 41.2 Å². The van der Waals surface area contributed by atoms with Crippen molar-refractivity contribution in [2.75, 3.05) is 18.2 Å². The Morgan fingerprint density at radius 3 is 2.75 bits per heavy atom. The Labute approximate surface area is 188 Å². The number of rotatable bonds is 7. The normalized spacial score (nSPS) is 15.6. The lowest BCUT2D eigenvalue weighted by atomic mass is 9.98. The van der Waals surface area contributed by atoms with E-state index in [2.05, 4.69) is 16.4 Å². The number of nitrogens with zero attached hydrogens (tertiary/aromatic N) is 4. The van der Waals surface area contributed by atoms with Crippen molar-refractivity contribution in [2.45, 2.75) is 25.6 Å². The van der Waals surface area contributed by atoms with E-state index >= 15 is 0 Å². The molecule has 1 unspecified atom stereocenters. The van der Waals surface area contributed by atoms with Gasteiger partial charge in [-0.1, -0.05) is 30.3 Å². The fraction of sp³-hybridized carbons (Fsp3) is 0.304. The number of nitriles is 1. The van der Waals surface area contributed by atoms with Crippen LogP contribution in [0.2, 0.25) is 0 Å². The number of nitrogens with one attached hydrogen (secondary N) is 1. The third-order valence-corrected chi connectivity index (χ3v) is 6.84. The number of anilines is 1. The molecule has 1 atom stereocenters. The van der Waals surface area contributed by atoms with Gasteiger partial charge < -0.3 is 14.6 Å². The second-order valence-electron chi connectivity index (χ2n) is 7.94. The molecule has 1 N–H and O–H groups in total. The Kier molecular flexibility index (Phi) is 6.17. The molecule has 1 aliphatic rings. The highest BCUT2D eigenvalue weighted by Crippen LogP contribution is 2.36. The predicted octanol–water partition coefficient (Wildman–Crippen LogP) is 2.67. The third-order valence-electron chi connectivity index (χ3n) is 5.56. The summed E-state index contributed by atoms with van der Waals surface area (Å²) in [6, 6.07) is 14.9. The highest BCUT2D eigenvalue weighted by Gasteiger charge is 2.32. The standard InChI is InChI=1S/C23H25N5O3S/c1-27-16-25-12-21(27)13-26-22-9-18(11-24)8-19-10-20(15-31-23(19)22)28(32(2,29)30)14-17-6-4-3-5-7-17/h3-9,12,16,20,26H,10,13-15H2,1-2H3. The van der Waals surface area contributed by atoms with E-state index < -0.39 is 10.0 Å². The van der Waals surface area contributed by atoms with Crippen molar-refractivity contribution in [3.8, 4) is 11.8 Å². The molecule has 2 aromatic carbocycles. The molecule has 1 aromatic heterocycles. The number of aryl methyl sites for hydroxylation is 1. The number of benzene rings is 2. The average Bonchev–Trinajstić information content (AvgIpc) is 3.19. The first-order valence-corrected chi connectivity index (χ1v) is 12.1. The predicted molar refractivity (Wildman–Crippen MR) is 122 cm³/mol. The van der Waals surface area contributed by atoms with Gasteiger partial charge in [-0.25, -0.2) is 13.4 Å². The van der Waals surface area contributed by atoms with Crippen LogP contribution in [0.15, 0.2) is 55.0 Å². The number of hydrogen-bond donors (Lipinski definition) is 1. The van der Waals surface area contributed by atoms with Gasteiger partial charge in [0.25, 0.3) is 0 Å². The lowest BCUT2D eigenvalue weighted by Gasteiger charge is -2.34. The monoisotopic (exact) mass is 451 g/mol. The maximum Gasteiger partial charge on any atom is 0.211 e. The van der Waals surface area contributed by atoms with Crippen LogP contribution in [0.3, 0.4) is 0 Å². The van der Waals surface area contributed by atoms with Gasteiger partial charge in [0.15, 0.2) is 0 Å². The fourth-order valence-corrected chi connectivity index (χ4v) is 4.97. The van der Waals surface area contributed by atoms with Crippen molar-refractivity contribution in [1.29, 1.82) is 5.26 Å². The zero-order valence-electron chi connectivity index (χ0n) is 18.0. The Morgan fingerprint density at radius 1 is 1.31 bits per heavy atom. The summed E-state index contributed by atoms with van der Waals surface area (Å²) in [4.78, 5) is 4.12. The van der Waals surface area contributed by atoms with E-state index in [0.29, 0.717) is 30.0 Å². The maximum atomic E-state index is 12.6. The van der Waals surface area contributed by atoms with Gasteiger partial charge in [0.2, 0.25) is 10.0 Å². The van der Waals surface area contributed by atoms with Gasteiger partial charge in [0.05, 0.1) is 48.2 Å². The van der Waals surface area contributed by atoms with Crippen LogP contribution in [0.4, 0.5) is 5.69 Å². The molecule has 0 radical (unpaired) electrons. The molecule has 3 aromatic rings. The minimum absolute atomic E-state index is 0.235. The van der Waals surface area contributed by atoms with E-state index in [4.69, 9.17) is 4.74 Å². The Morgan fingerprint density at radius 2 is 2.09 bits per heavy atom. The quantitative estimate of drug-likeness (QED) is 0.593. The topological polar surface area (TPSA) is 100 Å². The summed E-state index contributed by atoms with van der Waals surface area (Å²) >= 11 is 0. The van der Waals surface area contributed by atoms with Crippen LogP contribution in [0, 0.1) is 11.3 Å². The summed E-state index contributed by atoms with van der Waals surface area (Å²) in [6.07, 6.45) is 5.19. The van der Waals surface area contributed by atoms with E-state index in [1.807, 2.05) is 41.9 Å². The highest BCUT2D eigenvalue weighted by atomic mass is 32.2. The van der Waals surface area contributed by atoms with Crippen LogP contribution in [0.1, 0.15) is 22.4 Å². The first-order chi connectivity index (χ1) is 15.3. The molecule has 1 aliphatic heterocycles. The van der Waals surface area contributed by atoms with Crippen molar-refractivity contribution in [3.05, 3.63) is 77.4 Å². The van der Waals surface area contributed by atoms with E-state index in [1.165, 1.54) is 10.6 Å². The van der Waals surface area contributed by atoms with Gasteiger partial charge >= 0.3 is 0 Å². The van der Waals surface area contributed by atoms with Gasteiger partial charge in [-0.2, -0.15) is 9.57 Å². The van der Waals surface area contributed by atoms with Crippen molar-refractivity contribution in [2.24, 2.45) is 7.05 Å². The second kappa shape index (κ2) is 9.02. The van der Waals surface area contributed by atoms with Gasteiger partial charge in [0.1, 0.15) is 12.4 Å². The molecule has 0 aliphatic carbocycles. The minimum atomic E-state index is -3.47. The van der Waals surface area contributed by atoms with Crippen molar-refractivity contribution >= 4 is 15.7 Å². The fourth-order valence-electron chi connectivity index (χ4n) is 3.91.